The minimum absolute atomic E-state index is 0.0639. The number of unbranched alkanes of at least 4 members (excludes halogenated alkanes) is 6. The van der Waals surface area contributed by atoms with Crippen LogP contribution in [0, 0.1) is 35.0 Å². The predicted octanol–water partition coefficient (Wildman–Crippen LogP) is 7.68. The SMILES string of the molecule is CCCCCCCCCC(=O)O[C@H]1CC[C@H]2[C@@H]3CC[C@H]4CC(OC)(OC)CC[C@@H]4[C@H]3CC[C@]12C. The molecule has 4 fully saturated rings. The zero-order chi connectivity index (χ0) is 24.2. The topological polar surface area (TPSA) is 44.8 Å². The number of fused-ring (bicyclic) bond motifs is 5. The zero-order valence-corrected chi connectivity index (χ0v) is 22.6. The molecule has 0 heterocycles. The quantitative estimate of drug-likeness (QED) is 0.174. The Kier molecular flexibility index (Phi) is 9.05. The molecular weight excluding hydrogens is 424 g/mol. The molecule has 0 aliphatic heterocycles. The first-order chi connectivity index (χ1) is 16.5. The molecule has 0 spiro atoms. The Morgan fingerprint density at radius 1 is 0.794 bits per heavy atom. The van der Waals surface area contributed by atoms with Gasteiger partial charge in [0.15, 0.2) is 5.79 Å². The van der Waals surface area contributed by atoms with Crippen molar-refractivity contribution in [3.05, 3.63) is 0 Å². The molecule has 0 unspecified atom stereocenters. The third-order valence-electron chi connectivity index (χ3n) is 10.9. The maximum Gasteiger partial charge on any atom is 0.306 e. The highest BCUT2D eigenvalue weighted by atomic mass is 16.7. The number of carbonyl (C=O) groups excluding carboxylic acids is 1. The van der Waals surface area contributed by atoms with E-state index in [9.17, 15) is 4.79 Å². The van der Waals surface area contributed by atoms with E-state index < -0.39 is 0 Å². The summed E-state index contributed by atoms with van der Waals surface area (Å²) in [5.41, 5.74) is 0.196. The maximum atomic E-state index is 12.7. The lowest BCUT2D eigenvalue weighted by Crippen LogP contribution is -2.52. The van der Waals surface area contributed by atoms with Crippen LogP contribution >= 0.6 is 0 Å². The molecule has 0 aromatic carbocycles. The smallest absolute Gasteiger partial charge is 0.306 e. The number of methoxy groups -OCH3 is 2. The maximum absolute atomic E-state index is 12.7. The van der Waals surface area contributed by atoms with Crippen molar-refractivity contribution in [2.45, 2.75) is 135 Å². The van der Waals surface area contributed by atoms with Gasteiger partial charge in [-0.3, -0.25) is 4.79 Å². The number of esters is 1. The van der Waals surface area contributed by atoms with E-state index in [0.717, 1.165) is 55.3 Å². The molecule has 0 N–H and O–H groups in total. The molecule has 0 bridgehead atoms. The van der Waals surface area contributed by atoms with Gasteiger partial charge >= 0.3 is 5.97 Å². The molecule has 196 valence electrons. The van der Waals surface area contributed by atoms with Gasteiger partial charge in [-0.1, -0.05) is 52.4 Å². The van der Waals surface area contributed by atoms with Crippen molar-refractivity contribution >= 4 is 5.97 Å². The first kappa shape index (κ1) is 26.5. The molecule has 0 radical (unpaired) electrons. The second kappa shape index (κ2) is 11.6. The molecule has 4 rings (SSSR count). The fourth-order valence-electron chi connectivity index (χ4n) is 8.87. The normalized spacial score (nSPS) is 38.6. The molecule has 4 heteroatoms. The highest BCUT2D eigenvalue weighted by molar-refractivity contribution is 5.69. The molecule has 4 saturated carbocycles. The number of hydrogen-bond donors (Lipinski definition) is 0. The number of rotatable bonds is 11. The van der Waals surface area contributed by atoms with Crippen LogP contribution in [-0.2, 0) is 19.0 Å². The van der Waals surface area contributed by atoms with E-state index in [1.165, 1.54) is 77.0 Å². The van der Waals surface area contributed by atoms with E-state index in [0.29, 0.717) is 6.42 Å². The van der Waals surface area contributed by atoms with Gasteiger partial charge in [-0.05, 0) is 81.0 Å². The van der Waals surface area contributed by atoms with Crippen LogP contribution in [0.1, 0.15) is 123 Å². The fourth-order valence-corrected chi connectivity index (χ4v) is 8.87. The van der Waals surface area contributed by atoms with Gasteiger partial charge in [0.25, 0.3) is 0 Å². The van der Waals surface area contributed by atoms with Crippen LogP contribution < -0.4 is 0 Å². The highest BCUT2D eigenvalue weighted by Crippen LogP contribution is 2.63. The lowest BCUT2D eigenvalue weighted by Gasteiger charge is -2.57. The van der Waals surface area contributed by atoms with Crippen LogP contribution in [0.4, 0.5) is 0 Å². The summed E-state index contributed by atoms with van der Waals surface area (Å²) in [4.78, 5) is 12.7. The van der Waals surface area contributed by atoms with Crippen LogP contribution in [0.3, 0.4) is 0 Å². The monoisotopic (exact) mass is 476 g/mol. The van der Waals surface area contributed by atoms with Gasteiger partial charge in [0.2, 0.25) is 0 Å². The summed E-state index contributed by atoms with van der Waals surface area (Å²) in [5.74, 6) is 3.71. The van der Waals surface area contributed by atoms with Crippen LogP contribution in [0.15, 0.2) is 0 Å². The molecule has 4 aliphatic carbocycles. The summed E-state index contributed by atoms with van der Waals surface area (Å²) in [6.45, 7) is 4.71. The summed E-state index contributed by atoms with van der Waals surface area (Å²) in [6.07, 6.45) is 20.4. The van der Waals surface area contributed by atoms with Gasteiger partial charge in [-0.25, -0.2) is 0 Å². The Morgan fingerprint density at radius 3 is 2.24 bits per heavy atom. The van der Waals surface area contributed by atoms with Crippen LogP contribution in [0.25, 0.3) is 0 Å². The largest absolute Gasteiger partial charge is 0.462 e. The van der Waals surface area contributed by atoms with E-state index in [2.05, 4.69) is 13.8 Å². The Hall–Kier alpha value is -0.610. The van der Waals surface area contributed by atoms with Crippen molar-refractivity contribution < 1.29 is 19.0 Å². The molecular formula is C30H52O4. The van der Waals surface area contributed by atoms with E-state index in [-0.39, 0.29) is 23.3 Å². The Balaban J connectivity index is 1.27. The molecule has 0 aromatic heterocycles. The molecule has 0 aromatic rings. The molecule has 0 amide bonds. The number of ether oxygens (including phenoxy) is 3. The van der Waals surface area contributed by atoms with Gasteiger partial charge in [0, 0.05) is 38.9 Å². The summed E-state index contributed by atoms with van der Waals surface area (Å²) in [5, 5.41) is 0. The fraction of sp³-hybridized carbons (Fsp3) is 0.967. The Bertz CT molecular complexity index is 658. The first-order valence-corrected chi connectivity index (χ1v) is 14.8. The van der Waals surface area contributed by atoms with Gasteiger partial charge in [0.1, 0.15) is 6.10 Å². The average molecular weight is 477 g/mol. The molecule has 4 nitrogen and oxygen atoms in total. The highest BCUT2D eigenvalue weighted by Gasteiger charge is 2.59. The number of hydrogen-bond acceptors (Lipinski definition) is 4. The predicted molar refractivity (Wildman–Crippen MR) is 136 cm³/mol. The van der Waals surface area contributed by atoms with Crippen molar-refractivity contribution in [2.75, 3.05) is 14.2 Å². The van der Waals surface area contributed by atoms with Crippen molar-refractivity contribution in [1.29, 1.82) is 0 Å². The van der Waals surface area contributed by atoms with Gasteiger partial charge in [-0.15, -0.1) is 0 Å². The summed E-state index contributed by atoms with van der Waals surface area (Å²) in [6, 6.07) is 0. The van der Waals surface area contributed by atoms with Crippen molar-refractivity contribution in [3.63, 3.8) is 0 Å². The Labute approximate surface area is 209 Å². The number of carbonyl (C=O) groups is 1. The van der Waals surface area contributed by atoms with Gasteiger partial charge in [0.05, 0.1) is 0 Å². The second-order valence-corrected chi connectivity index (χ2v) is 12.5. The minimum atomic E-state index is -0.348. The summed E-state index contributed by atoms with van der Waals surface area (Å²) in [7, 11) is 3.63. The van der Waals surface area contributed by atoms with E-state index in [1.807, 2.05) is 14.2 Å². The molecule has 7 atom stereocenters. The zero-order valence-electron chi connectivity index (χ0n) is 22.6. The Morgan fingerprint density at radius 2 is 1.50 bits per heavy atom. The van der Waals surface area contributed by atoms with Gasteiger partial charge < -0.3 is 14.2 Å². The van der Waals surface area contributed by atoms with Crippen LogP contribution in [-0.4, -0.2) is 32.1 Å². The van der Waals surface area contributed by atoms with Gasteiger partial charge in [-0.2, -0.15) is 0 Å². The van der Waals surface area contributed by atoms with Crippen LogP contribution in [0.5, 0.6) is 0 Å². The third-order valence-corrected chi connectivity index (χ3v) is 10.9. The van der Waals surface area contributed by atoms with Crippen molar-refractivity contribution in [3.8, 4) is 0 Å². The minimum Gasteiger partial charge on any atom is -0.462 e. The van der Waals surface area contributed by atoms with Crippen molar-refractivity contribution in [2.24, 2.45) is 35.0 Å². The summed E-state index contributed by atoms with van der Waals surface area (Å²) >= 11 is 0. The van der Waals surface area contributed by atoms with Crippen molar-refractivity contribution in [1.82, 2.24) is 0 Å². The average Bonchev–Trinajstić information content (AvgIpc) is 3.18. The molecule has 0 saturated heterocycles. The van der Waals surface area contributed by atoms with E-state index >= 15 is 0 Å². The first-order valence-electron chi connectivity index (χ1n) is 14.8. The van der Waals surface area contributed by atoms with E-state index in [4.69, 9.17) is 14.2 Å². The standard InChI is InChI=1S/C30H52O4/c1-5-6-7-8-9-10-11-12-28(31)34-27-16-15-26-25-14-13-22-21-30(32-3,33-4)20-18-23(22)24(25)17-19-29(26,27)2/h22-27H,5-21H2,1-4H3/t22-,23-,24+,25+,26-,27-,29-/m0/s1. The summed E-state index contributed by atoms with van der Waals surface area (Å²) < 4.78 is 17.9. The molecule has 34 heavy (non-hydrogen) atoms. The lowest BCUT2D eigenvalue weighted by atomic mass is 9.50. The van der Waals surface area contributed by atoms with E-state index in [1.54, 1.807) is 0 Å². The molecule has 4 aliphatic rings. The second-order valence-electron chi connectivity index (χ2n) is 12.5. The lowest BCUT2D eigenvalue weighted by molar-refractivity contribution is -0.247. The van der Waals surface area contributed by atoms with Crippen LogP contribution in [0.2, 0.25) is 0 Å². The third kappa shape index (κ3) is 5.38.